The van der Waals surface area contributed by atoms with Gasteiger partial charge in [-0.3, -0.25) is 19.5 Å². The zero-order valence-electron chi connectivity index (χ0n) is 22.2. The SMILES string of the molecule is COc1ccnc(CN2C(=O)C(=Cc3[nH]c(C)c(C(=O)NCCN4CCCC4)c3C)c3c(Cl)nc(N)nc32)c1. The second kappa shape index (κ2) is 11.0. The van der Waals surface area contributed by atoms with E-state index in [4.69, 9.17) is 22.1 Å². The molecule has 0 bridgehead atoms. The normalized spacial score (nSPS) is 16.3. The molecule has 3 aromatic rings. The van der Waals surface area contributed by atoms with Gasteiger partial charge < -0.3 is 25.7 Å². The molecular formula is C27H31ClN8O3. The summed E-state index contributed by atoms with van der Waals surface area (Å²) in [5.41, 5.74) is 9.78. The van der Waals surface area contributed by atoms with Crippen LogP contribution >= 0.6 is 11.6 Å². The van der Waals surface area contributed by atoms with Crippen molar-refractivity contribution in [2.75, 3.05) is 43.9 Å². The number of nitrogens with one attached hydrogen (secondary N) is 2. The number of nitrogen functional groups attached to an aromatic ring is 1. The number of carbonyl (C=O) groups is 2. The fourth-order valence-electron chi connectivity index (χ4n) is 5.15. The predicted octanol–water partition coefficient (Wildman–Crippen LogP) is 2.97. The number of carbonyl (C=O) groups excluding carboxylic acids is 2. The fourth-order valence-corrected chi connectivity index (χ4v) is 5.42. The van der Waals surface area contributed by atoms with Crippen molar-refractivity contribution in [3.8, 4) is 5.75 Å². The molecule has 0 saturated carbocycles. The first-order chi connectivity index (χ1) is 18.8. The number of nitrogens with zero attached hydrogens (tertiary/aromatic N) is 5. The van der Waals surface area contributed by atoms with Gasteiger partial charge in [-0.2, -0.15) is 4.98 Å². The van der Waals surface area contributed by atoms with Crippen molar-refractivity contribution in [1.29, 1.82) is 0 Å². The van der Waals surface area contributed by atoms with Crippen LogP contribution in [0.5, 0.6) is 5.75 Å². The Morgan fingerprint density at radius 1 is 1.28 bits per heavy atom. The van der Waals surface area contributed by atoms with Crippen molar-refractivity contribution >= 4 is 46.8 Å². The summed E-state index contributed by atoms with van der Waals surface area (Å²) in [5, 5.41) is 3.10. The average molecular weight is 551 g/mol. The predicted molar refractivity (Wildman–Crippen MR) is 150 cm³/mol. The maximum Gasteiger partial charge on any atom is 0.260 e. The Bertz CT molecular complexity index is 1460. The molecule has 0 radical (unpaired) electrons. The Morgan fingerprint density at radius 2 is 2.05 bits per heavy atom. The smallest absolute Gasteiger partial charge is 0.260 e. The second-order valence-corrected chi connectivity index (χ2v) is 10.0. The number of aromatic amines is 1. The van der Waals surface area contributed by atoms with Crippen molar-refractivity contribution in [2.45, 2.75) is 33.2 Å². The van der Waals surface area contributed by atoms with E-state index in [0.29, 0.717) is 51.9 Å². The summed E-state index contributed by atoms with van der Waals surface area (Å²) in [6.07, 6.45) is 5.71. The highest BCUT2D eigenvalue weighted by atomic mass is 35.5. The number of aromatic nitrogens is 4. The summed E-state index contributed by atoms with van der Waals surface area (Å²) in [6, 6.07) is 3.47. The van der Waals surface area contributed by atoms with Crippen molar-refractivity contribution < 1.29 is 14.3 Å². The molecule has 0 aromatic carbocycles. The zero-order chi connectivity index (χ0) is 27.7. The first-order valence-corrected chi connectivity index (χ1v) is 13.2. The highest BCUT2D eigenvalue weighted by Gasteiger charge is 2.37. The molecule has 0 spiro atoms. The van der Waals surface area contributed by atoms with Crippen LogP contribution in [-0.2, 0) is 11.3 Å². The summed E-state index contributed by atoms with van der Waals surface area (Å²) in [6.45, 7) is 7.38. The first kappa shape index (κ1) is 26.6. The molecule has 5 heterocycles. The summed E-state index contributed by atoms with van der Waals surface area (Å²) in [7, 11) is 1.56. The van der Waals surface area contributed by atoms with Crippen molar-refractivity contribution in [1.82, 2.24) is 30.2 Å². The van der Waals surface area contributed by atoms with Gasteiger partial charge in [0.15, 0.2) is 5.82 Å². The van der Waals surface area contributed by atoms with E-state index in [1.54, 1.807) is 31.5 Å². The topological polar surface area (TPSA) is 142 Å². The van der Waals surface area contributed by atoms with Crippen LogP contribution in [0.15, 0.2) is 18.3 Å². The van der Waals surface area contributed by atoms with Gasteiger partial charge in [0, 0.05) is 36.7 Å². The lowest BCUT2D eigenvalue weighted by molar-refractivity contribution is -0.113. The Labute approximate surface area is 231 Å². The maximum atomic E-state index is 13.7. The molecule has 0 aliphatic carbocycles. The van der Waals surface area contributed by atoms with Gasteiger partial charge in [0.2, 0.25) is 5.95 Å². The number of likely N-dealkylation sites (tertiary alicyclic amines) is 1. The van der Waals surface area contributed by atoms with Crippen LogP contribution in [0.4, 0.5) is 11.8 Å². The summed E-state index contributed by atoms with van der Waals surface area (Å²) < 4.78 is 5.29. The van der Waals surface area contributed by atoms with Crippen molar-refractivity contribution in [3.63, 3.8) is 0 Å². The van der Waals surface area contributed by atoms with E-state index in [1.807, 2.05) is 13.8 Å². The zero-order valence-corrected chi connectivity index (χ0v) is 22.9. The lowest BCUT2D eigenvalue weighted by Crippen LogP contribution is -2.33. The number of ether oxygens (including phenoxy) is 1. The van der Waals surface area contributed by atoms with Gasteiger partial charge in [0.05, 0.1) is 36.0 Å². The quantitative estimate of drug-likeness (QED) is 0.287. The highest BCUT2D eigenvalue weighted by Crippen LogP contribution is 2.41. The number of H-pyrrole nitrogens is 1. The second-order valence-electron chi connectivity index (χ2n) is 9.68. The lowest BCUT2D eigenvalue weighted by Gasteiger charge is -2.16. The number of hydrogen-bond acceptors (Lipinski definition) is 8. The largest absolute Gasteiger partial charge is 0.497 e. The minimum absolute atomic E-state index is 0.0452. The molecule has 2 aliphatic heterocycles. The number of halogens is 1. The molecule has 2 amide bonds. The molecule has 4 N–H and O–H groups in total. The third-order valence-corrected chi connectivity index (χ3v) is 7.39. The minimum Gasteiger partial charge on any atom is -0.497 e. The Hall–Kier alpha value is -3.96. The van der Waals surface area contributed by atoms with Crippen LogP contribution in [0.1, 0.15) is 51.4 Å². The number of aryl methyl sites for hydroxylation is 1. The van der Waals surface area contributed by atoms with E-state index in [2.05, 4.69) is 30.2 Å². The number of nitrogens with two attached hydrogens (primary N) is 1. The van der Waals surface area contributed by atoms with Crippen molar-refractivity contribution in [2.24, 2.45) is 0 Å². The first-order valence-electron chi connectivity index (χ1n) is 12.8. The Kier molecular flexibility index (Phi) is 7.53. The molecule has 0 unspecified atom stereocenters. The van der Waals surface area contributed by atoms with Crippen LogP contribution in [0.3, 0.4) is 0 Å². The fraction of sp³-hybridized carbons (Fsp3) is 0.370. The molecular weight excluding hydrogens is 520 g/mol. The van der Waals surface area contributed by atoms with E-state index >= 15 is 0 Å². The monoisotopic (exact) mass is 550 g/mol. The van der Waals surface area contributed by atoms with Gasteiger partial charge in [0.1, 0.15) is 10.9 Å². The molecule has 0 atom stereocenters. The molecule has 2 aliphatic rings. The Balaban J connectivity index is 1.45. The molecule has 3 aromatic heterocycles. The number of anilines is 2. The third-order valence-electron chi connectivity index (χ3n) is 7.11. The molecule has 39 heavy (non-hydrogen) atoms. The number of methoxy groups -OCH3 is 1. The molecule has 5 rings (SSSR count). The number of rotatable bonds is 8. The van der Waals surface area contributed by atoms with Gasteiger partial charge >= 0.3 is 0 Å². The van der Waals surface area contributed by atoms with E-state index in [9.17, 15) is 9.59 Å². The van der Waals surface area contributed by atoms with Crippen LogP contribution in [0.25, 0.3) is 11.6 Å². The maximum absolute atomic E-state index is 13.7. The standard InChI is InChI=1S/C27H31ClN8O3/c1-15-20(32-16(2)21(15)25(37)31-8-11-35-9-4-5-10-35)13-19-22-23(28)33-27(29)34-24(22)36(26(19)38)14-17-12-18(39-3)6-7-30-17/h6-7,12-13,32H,4-5,8-11,14H2,1-3H3,(H,31,37)(H2,29,33,34). The summed E-state index contributed by atoms with van der Waals surface area (Å²) in [4.78, 5) is 46.6. The van der Waals surface area contributed by atoms with Gasteiger partial charge in [-0.15, -0.1) is 0 Å². The third kappa shape index (κ3) is 5.32. The van der Waals surface area contributed by atoms with E-state index < -0.39 is 0 Å². The van der Waals surface area contributed by atoms with Gasteiger partial charge in [-0.25, -0.2) is 4.98 Å². The number of amides is 2. The molecule has 1 fully saturated rings. The van der Waals surface area contributed by atoms with Crippen LogP contribution < -0.4 is 20.7 Å². The molecule has 11 nitrogen and oxygen atoms in total. The van der Waals surface area contributed by atoms with Crippen LogP contribution in [-0.4, -0.2) is 69.9 Å². The molecule has 1 saturated heterocycles. The van der Waals surface area contributed by atoms with Gasteiger partial charge in [-0.05, 0) is 57.5 Å². The minimum atomic E-state index is -0.334. The number of fused-ring (bicyclic) bond motifs is 1. The molecule has 204 valence electrons. The van der Waals surface area contributed by atoms with Gasteiger partial charge in [-0.1, -0.05) is 11.6 Å². The van der Waals surface area contributed by atoms with Crippen LogP contribution in [0.2, 0.25) is 5.15 Å². The summed E-state index contributed by atoms with van der Waals surface area (Å²) >= 11 is 6.49. The van der Waals surface area contributed by atoms with E-state index in [0.717, 1.165) is 25.2 Å². The van der Waals surface area contributed by atoms with E-state index in [1.165, 1.54) is 17.7 Å². The van der Waals surface area contributed by atoms with E-state index in [-0.39, 0.29) is 29.5 Å². The lowest BCUT2D eigenvalue weighted by atomic mass is 10.1. The van der Waals surface area contributed by atoms with Crippen molar-refractivity contribution in [3.05, 3.63) is 57.3 Å². The Morgan fingerprint density at radius 3 is 2.79 bits per heavy atom. The van der Waals surface area contributed by atoms with Gasteiger partial charge in [0.25, 0.3) is 11.8 Å². The van der Waals surface area contributed by atoms with Crippen LogP contribution in [0, 0.1) is 13.8 Å². The number of pyridine rings is 1. The summed E-state index contributed by atoms with van der Waals surface area (Å²) in [5.74, 6) is 0.389. The molecule has 12 heteroatoms. The highest BCUT2D eigenvalue weighted by molar-refractivity contribution is 6.41. The average Bonchev–Trinajstić information content (AvgIpc) is 3.58. The number of hydrogen-bond donors (Lipinski definition) is 3.